The lowest BCUT2D eigenvalue weighted by molar-refractivity contribution is -0.147. The molecule has 1 amide bonds. The first kappa shape index (κ1) is 19.4. The number of benzene rings is 2. The summed E-state index contributed by atoms with van der Waals surface area (Å²) in [6.45, 7) is 3.26. The summed E-state index contributed by atoms with van der Waals surface area (Å²) in [6, 6.07) is 12.4. The van der Waals surface area contributed by atoms with Gasteiger partial charge in [-0.3, -0.25) is 4.79 Å². The molecule has 26 heavy (non-hydrogen) atoms. The number of rotatable bonds is 7. The number of hydrogen-bond acceptors (Lipinski definition) is 3. The van der Waals surface area contributed by atoms with Gasteiger partial charge in [-0.15, -0.1) is 0 Å². The van der Waals surface area contributed by atoms with E-state index in [0.717, 1.165) is 5.56 Å². The highest BCUT2D eigenvalue weighted by molar-refractivity contribution is 5.88. The van der Waals surface area contributed by atoms with Gasteiger partial charge in [0.15, 0.2) is 5.54 Å². The summed E-state index contributed by atoms with van der Waals surface area (Å²) >= 11 is 0. The molecule has 0 aliphatic carbocycles. The Balaban J connectivity index is 2.14. The summed E-state index contributed by atoms with van der Waals surface area (Å²) in [5.41, 5.74) is -0.425. The third-order valence-corrected chi connectivity index (χ3v) is 4.39. The van der Waals surface area contributed by atoms with Gasteiger partial charge in [-0.2, -0.15) is 0 Å². The Hall–Kier alpha value is -2.89. The molecule has 0 aliphatic heterocycles. The van der Waals surface area contributed by atoms with Gasteiger partial charge in [0.2, 0.25) is 5.91 Å². The predicted octanol–water partition coefficient (Wildman–Crippen LogP) is 3.44. The zero-order chi connectivity index (χ0) is 19.3. The number of ether oxygens (including phenoxy) is 1. The van der Waals surface area contributed by atoms with Crippen LogP contribution in [0.25, 0.3) is 0 Å². The molecule has 0 saturated carbocycles. The summed E-state index contributed by atoms with van der Waals surface area (Å²) in [4.78, 5) is 24.2. The van der Waals surface area contributed by atoms with Crippen molar-refractivity contribution in [3.05, 3.63) is 65.5 Å². The fraction of sp³-hybridized carbons (Fsp3) is 0.300. The molecule has 0 radical (unpaired) electrons. The molecular weight excluding hydrogens is 337 g/mol. The van der Waals surface area contributed by atoms with Crippen molar-refractivity contribution in [1.29, 1.82) is 0 Å². The first-order chi connectivity index (χ1) is 12.3. The fourth-order valence-electron chi connectivity index (χ4n) is 2.71. The van der Waals surface area contributed by atoms with Crippen molar-refractivity contribution in [3.63, 3.8) is 0 Å². The largest absolute Gasteiger partial charge is 0.497 e. The van der Waals surface area contributed by atoms with Crippen LogP contribution in [0.15, 0.2) is 48.5 Å². The number of halogens is 1. The molecule has 2 N–H and O–H groups in total. The molecule has 0 fully saturated rings. The van der Waals surface area contributed by atoms with E-state index in [9.17, 15) is 19.1 Å². The average molecular weight is 359 g/mol. The Morgan fingerprint density at radius 1 is 1.23 bits per heavy atom. The summed E-state index contributed by atoms with van der Waals surface area (Å²) in [5.74, 6) is -1.53. The summed E-state index contributed by atoms with van der Waals surface area (Å²) in [6.07, 6.45) is 0.108. The van der Waals surface area contributed by atoms with Gasteiger partial charge < -0.3 is 15.2 Å². The standard InChI is InChI=1S/C20H22FNO4/c1-13(14-5-4-6-17(12-14)26-3)11-18(23)22-20(2,19(24)25)15-7-9-16(21)10-8-15/h4-10,12-13H,11H2,1-3H3,(H,22,23)(H,24,25). The molecule has 138 valence electrons. The topological polar surface area (TPSA) is 75.6 Å². The molecule has 5 nitrogen and oxygen atoms in total. The minimum atomic E-state index is -1.64. The second kappa shape index (κ2) is 7.99. The number of carbonyl (C=O) groups excluding carboxylic acids is 1. The van der Waals surface area contributed by atoms with Crippen molar-refractivity contribution in [2.45, 2.75) is 31.7 Å². The number of carboxylic acids is 1. The average Bonchev–Trinajstić information content (AvgIpc) is 2.61. The molecule has 0 aliphatic rings. The molecule has 0 bridgehead atoms. The second-order valence-corrected chi connectivity index (χ2v) is 6.37. The lowest BCUT2D eigenvalue weighted by Gasteiger charge is -2.27. The van der Waals surface area contributed by atoms with Gasteiger partial charge in [0.05, 0.1) is 7.11 Å². The molecule has 0 saturated heterocycles. The van der Waals surface area contributed by atoms with E-state index in [1.807, 2.05) is 31.2 Å². The highest BCUT2D eigenvalue weighted by Crippen LogP contribution is 2.25. The number of nitrogens with one attached hydrogen (secondary N) is 1. The van der Waals surface area contributed by atoms with Crippen LogP contribution in [-0.4, -0.2) is 24.1 Å². The molecular formula is C20H22FNO4. The van der Waals surface area contributed by atoms with E-state index in [1.165, 1.54) is 31.2 Å². The van der Waals surface area contributed by atoms with Crippen LogP contribution in [-0.2, 0) is 15.1 Å². The first-order valence-electron chi connectivity index (χ1n) is 8.20. The lowest BCUT2D eigenvalue weighted by Crippen LogP contribution is -2.49. The Bertz CT molecular complexity index is 791. The SMILES string of the molecule is COc1cccc(C(C)CC(=O)NC(C)(C(=O)O)c2ccc(F)cc2)c1. The Morgan fingerprint density at radius 2 is 1.88 bits per heavy atom. The van der Waals surface area contributed by atoms with Gasteiger partial charge in [-0.25, -0.2) is 9.18 Å². The lowest BCUT2D eigenvalue weighted by atomic mass is 9.90. The molecule has 2 unspecified atom stereocenters. The molecule has 6 heteroatoms. The minimum absolute atomic E-state index is 0.108. The van der Waals surface area contributed by atoms with Crippen LogP contribution in [0.1, 0.15) is 37.3 Å². The van der Waals surface area contributed by atoms with Gasteiger partial charge in [0.25, 0.3) is 0 Å². The van der Waals surface area contributed by atoms with Crippen LogP contribution in [0.4, 0.5) is 4.39 Å². The predicted molar refractivity (Wildman–Crippen MR) is 95.6 cm³/mol. The smallest absolute Gasteiger partial charge is 0.333 e. The van der Waals surface area contributed by atoms with Crippen LogP contribution >= 0.6 is 0 Å². The van der Waals surface area contributed by atoms with Crippen LogP contribution in [0.5, 0.6) is 5.75 Å². The van der Waals surface area contributed by atoms with Crippen LogP contribution in [0, 0.1) is 5.82 Å². The van der Waals surface area contributed by atoms with Crippen molar-refractivity contribution in [2.75, 3.05) is 7.11 Å². The number of carbonyl (C=O) groups is 2. The van der Waals surface area contributed by atoms with Crippen molar-refractivity contribution in [2.24, 2.45) is 0 Å². The van der Waals surface area contributed by atoms with Crippen LogP contribution < -0.4 is 10.1 Å². The van der Waals surface area contributed by atoms with E-state index < -0.39 is 23.2 Å². The van der Waals surface area contributed by atoms with E-state index in [0.29, 0.717) is 11.3 Å². The van der Waals surface area contributed by atoms with Crippen molar-refractivity contribution < 1.29 is 23.8 Å². The zero-order valence-corrected chi connectivity index (χ0v) is 15.0. The maximum Gasteiger partial charge on any atom is 0.333 e. The fourth-order valence-corrected chi connectivity index (χ4v) is 2.71. The molecule has 0 heterocycles. The van der Waals surface area contributed by atoms with Crippen molar-refractivity contribution >= 4 is 11.9 Å². The number of carboxylic acid groups (broad SMARTS) is 1. The second-order valence-electron chi connectivity index (χ2n) is 6.37. The van der Waals surface area contributed by atoms with E-state index >= 15 is 0 Å². The quantitative estimate of drug-likeness (QED) is 0.794. The highest BCUT2D eigenvalue weighted by atomic mass is 19.1. The summed E-state index contributed by atoms with van der Waals surface area (Å²) in [5, 5.41) is 12.2. The number of methoxy groups -OCH3 is 1. The van der Waals surface area contributed by atoms with Gasteiger partial charge in [0.1, 0.15) is 11.6 Å². The number of hydrogen-bond donors (Lipinski definition) is 2. The molecule has 2 aromatic rings. The zero-order valence-electron chi connectivity index (χ0n) is 15.0. The summed E-state index contributed by atoms with van der Waals surface area (Å²) < 4.78 is 18.3. The minimum Gasteiger partial charge on any atom is -0.497 e. The Labute approximate surface area is 151 Å². The normalized spacial score (nSPS) is 14.2. The first-order valence-corrected chi connectivity index (χ1v) is 8.20. The van der Waals surface area contributed by atoms with E-state index in [4.69, 9.17) is 4.74 Å². The van der Waals surface area contributed by atoms with E-state index in [2.05, 4.69) is 5.32 Å². The maximum atomic E-state index is 13.1. The molecule has 2 rings (SSSR count). The van der Waals surface area contributed by atoms with E-state index in [1.54, 1.807) is 7.11 Å². The summed E-state index contributed by atoms with van der Waals surface area (Å²) in [7, 11) is 1.57. The van der Waals surface area contributed by atoms with Crippen molar-refractivity contribution in [1.82, 2.24) is 5.32 Å². The third-order valence-electron chi connectivity index (χ3n) is 4.39. The van der Waals surface area contributed by atoms with Gasteiger partial charge >= 0.3 is 5.97 Å². The Kier molecular flexibility index (Phi) is 5.97. The van der Waals surface area contributed by atoms with Gasteiger partial charge in [-0.05, 0) is 48.2 Å². The Morgan fingerprint density at radius 3 is 2.46 bits per heavy atom. The van der Waals surface area contributed by atoms with Gasteiger partial charge in [0, 0.05) is 6.42 Å². The number of amides is 1. The third kappa shape index (κ3) is 4.39. The highest BCUT2D eigenvalue weighted by Gasteiger charge is 2.37. The molecule has 0 aromatic heterocycles. The van der Waals surface area contributed by atoms with Gasteiger partial charge in [-0.1, -0.05) is 31.2 Å². The van der Waals surface area contributed by atoms with Crippen LogP contribution in [0.3, 0.4) is 0 Å². The monoisotopic (exact) mass is 359 g/mol. The maximum absolute atomic E-state index is 13.1. The van der Waals surface area contributed by atoms with Crippen LogP contribution in [0.2, 0.25) is 0 Å². The molecule has 0 spiro atoms. The molecule has 2 atom stereocenters. The number of aliphatic carboxylic acids is 1. The molecule has 2 aromatic carbocycles. The van der Waals surface area contributed by atoms with Crippen molar-refractivity contribution in [3.8, 4) is 5.75 Å². The van der Waals surface area contributed by atoms with E-state index in [-0.39, 0.29) is 12.3 Å².